The van der Waals surface area contributed by atoms with Crippen molar-refractivity contribution in [3.8, 4) is 11.6 Å². The fourth-order valence-electron chi connectivity index (χ4n) is 1.91. The molecule has 0 radical (unpaired) electrons. The van der Waals surface area contributed by atoms with Gasteiger partial charge in [-0.15, -0.1) is 0 Å². The smallest absolute Gasteiger partial charge is 0.213 e. The van der Waals surface area contributed by atoms with Gasteiger partial charge < -0.3 is 9.47 Å². The molecule has 0 atom stereocenters. The minimum absolute atomic E-state index is 0.361. The summed E-state index contributed by atoms with van der Waals surface area (Å²) >= 11 is 0. The number of methoxy groups -OCH3 is 1. The highest BCUT2D eigenvalue weighted by molar-refractivity contribution is 5.22. The third-order valence-corrected chi connectivity index (χ3v) is 2.78. The van der Waals surface area contributed by atoms with Gasteiger partial charge in [0, 0.05) is 6.07 Å². The molecular weight excluding hydrogens is 190 g/mol. The molecule has 1 aliphatic rings. The topological polar surface area (TPSA) is 31.4 Å². The summed E-state index contributed by atoms with van der Waals surface area (Å²) in [6, 6.07) is 3.75. The van der Waals surface area contributed by atoms with E-state index >= 15 is 0 Å². The zero-order valence-corrected chi connectivity index (χ0v) is 9.11. The predicted octanol–water partition coefficient (Wildman–Crippen LogP) is 2.80. The lowest BCUT2D eigenvalue weighted by molar-refractivity contribution is 0.148. The summed E-state index contributed by atoms with van der Waals surface area (Å²) in [6.07, 6.45) is 8.27. The van der Waals surface area contributed by atoms with Gasteiger partial charge in [0.1, 0.15) is 11.9 Å². The summed E-state index contributed by atoms with van der Waals surface area (Å²) in [5.41, 5.74) is 0. The number of ether oxygens (including phenoxy) is 2. The largest absolute Gasteiger partial charge is 0.495 e. The molecule has 1 fully saturated rings. The molecule has 1 aromatic rings. The first kappa shape index (κ1) is 10.3. The SMILES string of the molecule is COc1ccc(OC2CCCCC2)nc1. The van der Waals surface area contributed by atoms with Crippen LogP contribution in [-0.2, 0) is 0 Å². The van der Waals surface area contributed by atoms with Crippen molar-refractivity contribution in [3.63, 3.8) is 0 Å². The van der Waals surface area contributed by atoms with Gasteiger partial charge in [0.05, 0.1) is 13.3 Å². The highest BCUT2D eigenvalue weighted by atomic mass is 16.5. The molecule has 0 N–H and O–H groups in total. The van der Waals surface area contributed by atoms with Crippen LogP contribution >= 0.6 is 0 Å². The van der Waals surface area contributed by atoms with Gasteiger partial charge in [-0.25, -0.2) is 4.98 Å². The zero-order valence-electron chi connectivity index (χ0n) is 9.11. The Hall–Kier alpha value is -1.25. The van der Waals surface area contributed by atoms with E-state index in [0.717, 1.165) is 18.6 Å². The van der Waals surface area contributed by atoms with Gasteiger partial charge >= 0.3 is 0 Å². The van der Waals surface area contributed by atoms with E-state index in [4.69, 9.17) is 9.47 Å². The predicted molar refractivity (Wildman–Crippen MR) is 58.3 cm³/mol. The third-order valence-electron chi connectivity index (χ3n) is 2.78. The second-order valence-electron chi connectivity index (χ2n) is 3.91. The maximum absolute atomic E-state index is 5.79. The Bertz CT molecular complexity index is 291. The lowest BCUT2D eigenvalue weighted by Gasteiger charge is -2.22. The normalized spacial score (nSPS) is 17.4. The van der Waals surface area contributed by atoms with E-state index in [1.807, 2.05) is 12.1 Å². The van der Waals surface area contributed by atoms with Crippen molar-refractivity contribution in [2.24, 2.45) is 0 Å². The number of hydrogen-bond acceptors (Lipinski definition) is 3. The highest BCUT2D eigenvalue weighted by Gasteiger charge is 2.15. The molecule has 15 heavy (non-hydrogen) atoms. The van der Waals surface area contributed by atoms with Crippen LogP contribution in [0.4, 0.5) is 0 Å². The van der Waals surface area contributed by atoms with Gasteiger partial charge in [0.25, 0.3) is 0 Å². The standard InChI is InChI=1S/C12H17NO2/c1-14-11-7-8-12(13-9-11)15-10-5-3-2-4-6-10/h7-10H,2-6H2,1H3. The minimum Gasteiger partial charge on any atom is -0.495 e. The van der Waals surface area contributed by atoms with Gasteiger partial charge in [-0.3, -0.25) is 0 Å². The average Bonchev–Trinajstić information content (AvgIpc) is 2.31. The van der Waals surface area contributed by atoms with Gasteiger partial charge in [-0.2, -0.15) is 0 Å². The molecule has 0 aliphatic heterocycles. The first-order valence-electron chi connectivity index (χ1n) is 5.55. The molecule has 1 heterocycles. The molecule has 1 aliphatic carbocycles. The monoisotopic (exact) mass is 207 g/mol. The fraction of sp³-hybridized carbons (Fsp3) is 0.583. The van der Waals surface area contributed by atoms with Gasteiger partial charge in [-0.1, -0.05) is 6.42 Å². The number of rotatable bonds is 3. The van der Waals surface area contributed by atoms with E-state index in [2.05, 4.69) is 4.98 Å². The minimum atomic E-state index is 0.361. The van der Waals surface area contributed by atoms with Crippen LogP contribution in [0.2, 0.25) is 0 Å². The molecule has 1 aromatic heterocycles. The molecule has 2 rings (SSSR count). The van der Waals surface area contributed by atoms with Crippen molar-refractivity contribution in [1.82, 2.24) is 4.98 Å². The Kier molecular flexibility index (Phi) is 3.43. The van der Waals surface area contributed by atoms with Crippen LogP contribution in [0.15, 0.2) is 18.3 Å². The molecule has 0 spiro atoms. The first-order valence-corrected chi connectivity index (χ1v) is 5.55. The number of hydrogen-bond donors (Lipinski definition) is 0. The van der Waals surface area contributed by atoms with Crippen LogP contribution in [0.1, 0.15) is 32.1 Å². The van der Waals surface area contributed by atoms with Crippen molar-refractivity contribution in [2.45, 2.75) is 38.2 Å². The van der Waals surface area contributed by atoms with Crippen LogP contribution in [0.25, 0.3) is 0 Å². The lowest BCUT2D eigenvalue weighted by Crippen LogP contribution is -2.20. The van der Waals surface area contributed by atoms with E-state index < -0.39 is 0 Å². The van der Waals surface area contributed by atoms with Crippen LogP contribution in [0.3, 0.4) is 0 Å². The molecule has 0 saturated heterocycles. The lowest BCUT2D eigenvalue weighted by atomic mass is 9.98. The number of aromatic nitrogens is 1. The summed E-state index contributed by atoms with van der Waals surface area (Å²) in [4.78, 5) is 4.20. The van der Waals surface area contributed by atoms with Gasteiger partial charge in [-0.05, 0) is 31.7 Å². The van der Waals surface area contributed by atoms with Crippen molar-refractivity contribution in [2.75, 3.05) is 7.11 Å². The van der Waals surface area contributed by atoms with Crippen molar-refractivity contribution in [3.05, 3.63) is 18.3 Å². The Morgan fingerprint density at radius 2 is 2.00 bits per heavy atom. The summed E-state index contributed by atoms with van der Waals surface area (Å²) < 4.78 is 10.8. The summed E-state index contributed by atoms with van der Waals surface area (Å²) in [6.45, 7) is 0. The number of pyridine rings is 1. The molecule has 0 aromatic carbocycles. The van der Waals surface area contributed by atoms with E-state index in [1.165, 1.54) is 19.3 Å². The second-order valence-corrected chi connectivity index (χ2v) is 3.91. The molecule has 0 unspecified atom stereocenters. The van der Waals surface area contributed by atoms with Crippen molar-refractivity contribution >= 4 is 0 Å². The Labute approximate surface area is 90.4 Å². The summed E-state index contributed by atoms with van der Waals surface area (Å²) in [5.74, 6) is 1.48. The Balaban J connectivity index is 1.91. The number of nitrogens with zero attached hydrogens (tertiary/aromatic N) is 1. The van der Waals surface area contributed by atoms with Crippen LogP contribution in [0.5, 0.6) is 11.6 Å². The molecule has 0 bridgehead atoms. The van der Waals surface area contributed by atoms with Crippen LogP contribution in [0, 0.1) is 0 Å². The second kappa shape index (κ2) is 5.01. The van der Waals surface area contributed by atoms with Crippen molar-refractivity contribution < 1.29 is 9.47 Å². The maximum atomic E-state index is 5.79. The zero-order chi connectivity index (χ0) is 10.5. The Morgan fingerprint density at radius 1 is 1.20 bits per heavy atom. The van der Waals surface area contributed by atoms with E-state index in [1.54, 1.807) is 13.3 Å². The van der Waals surface area contributed by atoms with E-state index in [0.29, 0.717) is 12.0 Å². The Morgan fingerprint density at radius 3 is 2.60 bits per heavy atom. The van der Waals surface area contributed by atoms with E-state index in [9.17, 15) is 0 Å². The molecule has 0 amide bonds. The first-order chi connectivity index (χ1) is 7.38. The molecule has 1 saturated carbocycles. The van der Waals surface area contributed by atoms with Crippen molar-refractivity contribution in [1.29, 1.82) is 0 Å². The maximum Gasteiger partial charge on any atom is 0.213 e. The summed E-state index contributed by atoms with van der Waals surface area (Å²) in [7, 11) is 1.64. The highest BCUT2D eigenvalue weighted by Crippen LogP contribution is 2.22. The van der Waals surface area contributed by atoms with E-state index in [-0.39, 0.29) is 0 Å². The van der Waals surface area contributed by atoms with Gasteiger partial charge in [0.15, 0.2) is 0 Å². The molecule has 3 heteroatoms. The quantitative estimate of drug-likeness (QED) is 0.763. The van der Waals surface area contributed by atoms with Gasteiger partial charge in [0.2, 0.25) is 5.88 Å². The fourth-order valence-corrected chi connectivity index (χ4v) is 1.91. The average molecular weight is 207 g/mol. The molecular formula is C12H17NO2. The summed E-state index contributed by atoms with van der Waals surface area (Å²) in [5, 5.41) is 0. The molecule has 82 valence electrons. The van der Waals surface area contributed by atoms with Crippen LogP contribution in [-0.4, -0.2) is 18.2 Å². The van der Waals surface area contributed by atoms with Crippen LogP contribution < -0.4 is 9.47 Å². The third kappa shape index (κ3) is 2.85. The molecule has 3 nitrogen and oxygen atoms in total.